The zero-order valence-electron chi connectivity index (χ0n) is 13.2. The van der Waals surface area contributed by atoms with Crippen molar-refractivity contribution in [2.24, 2.45) is 5.41 Å². The molecule has 1 fully saturated rings. The maximum atomic E-state index is 12.9. The number of benzene rings is 1. The second-order valence-electron chi connectivity index (χ2n) is 7.02. The number of nitrogens with zero attached hydrogens (tertiary/aromatic N) is 2. The molecule has 1 amide bonds. The number of hydrogen-bond acceptors (Lipinski definition) is 2. The molecule has 1 aliphatic rings. The summed E-state index contributed by atoms with van der Waals surface area (Å²) < 4.78 is 12.9. The number of carbonyl (C=O) groups is 1. The fourth-order valence-electron chi connectivity index (χ4n) is 2.71. The molecule has 4 heteroatoms. The van der Waals surface area contributed by atoms with Crippen LogP contribution in [0.4, 0.5) is 4.39 Å². The number of carbonyl (C=O) groups excluding carboxylic acids is 1. The third-order valence-corrected chi connectivity index (χ3v) is 3.69. The number of hydrogen-bond donors (Lipinski definition) is 0. The van der Waals surface area contributed by atoms with Crippen molar-refractivity contribution in [1.82, 2.24) is 9.80 Å². The predicted molar refractivity (Wildman–Crippen MR) is 82.6 cm³/mol. The molecule has 1 aromatic carbocycles. The van der Waals surface area contributed by atoms with Gasteiger partial charge in [-0.2, -0.15) is 0 Å². The van der Waals surface area contributed by atoms with Gasteiger partial charge in [0.15, 0.2) is 0 Å². The second-order valence-corrected chi connectivity index (χ2v) is 7.02. The predicted octanol–water partition coefficient (Wildman–Crippen LogP) is 2.56. The van der Waals surface area contributed by atoms with Crippen LogP contribution < -0.4 is 0 Å². The first-order valence-electron chi connectivity index (χ1n) is 7.58. The van der Waals surface area contributed by atoms with Crippen LogP contribution in [0.25, 0.3) is 0 Å². The Labute approximate surface area is 126 Å². The molecular weight excluding hydrogens is 267 g/mol. The summed E-state index contributed by atoms with van der Waals surface area (Å²) >= 11 is 0. The standard InChI is InChI=1S/C17H25FN2O/c1-17(2,3)13-19-8-10-20(11-9-19)16(21)12-14-4-6-15(18)7-5-14/h4-7H,8-13H2,1-3H3. The van der Waals surface area contributed by atoms with Crippen molar-refractivity contribution in [2.75, 3.05) is 32.7 Å². The van der Waals surface area contributed by atoms with Gasteiger partial charge >= 0.3 is 0 Å². The lowest BCUT2D eigenvalue weighted by atomic mass is 9.96. The van der Waals surface area contributed by atoms with E-state index in [0.29, 0.717) is 11.8 Å². The summed E-state index contributed by atoms with van der Waals surface area (Å²) in [7, 11) is 0. The zero-order valence-corrected chi connectivity index (χ0v) is 13.2. The molecule has 1 aliphatic heterocycles. The van der Waals surface area contributed by atoms with Gasteiger partial charge in [0.2, 0.25) is 5.91 Å². The van der Waals surface area contributed by atoms with Crippen molar-refractivity contribution < 1.29 is 9.18 Å². The SMILES string of the molecule is CC(C)(C)CN1CCN(C(=O)Cc2ccc(F)cc2)CC1. The smallest absolute Gasteiger partial charge is 0.227 e. The molecular formula is C17H25FN2O. The lowest BCUT2D eigenvalue weighted by Gasteiger charge is -2.37. The lowest BCUT2D eigenvalue weighted by Crippen LogP contribution is -2.50. The van der Waals surface area contributed by atoms with E-state index in [2.05, 4.69) is 25.7 Å². The highest BCUT2D eigenvalue weighted by atomic mass is 19.1. The Morgan fingerprint density at radius 1 is 1.10 bits per heavy atom. The minimum absolute atomic E-state index is 0.136. The van der Waals surface area contributed by atoms with E-state index in [-0.39, 0.29) is 11.7 Å². The van der Waals surface area contributed by atoms with Gasteiger partial charge in [0.05, 0.1) is 6.42 Å². The minimum atomic E-state index is -0.262. The molecule has 1 saturated heterocycles. The van der Waals surface area contributed by atoms with Crippen molar-refractivity contribution >= 4 is 5.91 Å². The molecule has 1 aromatic rings. The van der Waals surface area contributed by atoms with E-state index in [1.54, 1.807) is 12.1 Å². The summed E-state index contributed by atoms with van der Waals surface area (Å²) in [4.78, 5) is 16.6. The molecule has 0 aromatic heterocycles. The van der Waals surface area contributed by atoms with E-state index in [4.69, 9.17) is 0 Å². The van der Waals surface area contributed by atoms with Crippen LogP contribution in [-0.2, 0) is 11.2 Å². The van der Waals surface area contributed by atoms with Gasteiger partial charge in [0, 0.05) is 32.7 Å². The molecule has 116 valence electrons. The van der Waals surface area contributed by atoms with Gasteiger partial charge in [0.1, 0.15) is 5.82 Å². The normalized spacial score (nSPS) is 17.0. The Balaban J connectivity index is 1.81. The highest BCUT2D eigenvalue weighted by Gasteiger charge is 2.24. The first kappa shape index (κ1) is 16.0. The van der Waals surface area contributed by atoms with E-state index >= 15 is 0 Å². The van der Waals surface area contributed by atoms with Crippen LogP contribution >= 0.6 is 0 Å². The van der Waals surface area contributed by atoms with Crippen LogP contribution in [-0.4, -0.2) is 48.4 Å². The lowest BCUT2D eigenvalue weighted by molar-refractivity contribution is -0.132. The number of halogens is 1. The largest absolute Gasteiger partial charge is 0.340 e. The molecule has 0 bridgehead atoms. The topological polar surface area (TPSA) is 23.6 Å². The van der Waals surface area contributed by atoms with Gasteiger partial charge in [-0.05, 0) is 23.1 Å². The highest BCUT2D eigenvalue weighted by Crippen LogP contribution is 2.16. The quantitative estimate of drug-likeness (QED) is 0.855. The van der Waals surface area contributed by atoms with Gasteiger partial charge in [-0.1, -0.05) is 32.9 Å². The summed E-state index contributed by atoms with van der Waals surface area (Å²) in [5.41, 5.74) is 1.17. The Morgan fingerprint density at radius 2 is 1.67 bits per heavy atom. The Kier molecular flexibility index (Phi) is 4.99. The van der Waals surface area contributed by atoms with Crippen molar-refractivity contribution in [3.8, 4) is 0 Å². The van der Waals surface area contributed by atoms with E-state index < -0.39 is 0 Å². The summed E-state index contributed by atoms with van der Waals surface area (Å²) in [6.07, 6.45) is 0.361. The van der Waals surface area contributed by atoms with Crippen LogP contribution in [0.2, 0.25) is 0 Å². The van der Waals surface area contributed by atoms with Gasteiger partial charge in [-0.15, -0.1) is 0 Å². The van der Waals surface area contributed by atoms with E-state index in [0.717, 1.165) is 38.3 Å². The van der Waals surface area contributed by atoms with E-state index in [9.17, 15) is 9.18 Å². The Hall–Kier alpha value is -1.42. The minimum Gasteiger partial charge on any atom is -0.340 e. The van der Waals surface area contributed by atoms with E-state index in [1.807, 2.05) is 4.90 Å². The van der Waals surface area contributed by atoms with Crippen LogP contribution in [0.5, 0.6) is 0 Å². The fraction of sp³-hybridized carbons (Fsp3) is 0.588. The van der Waals surface area contributed by atoms with E-state index in [1.165, 1.54) is 12.1 Å². The molecule has 0 N–H and O–H groups in total. The first-order valence-corrected chi connectivity index (χ1v) is 7.58. The molecule has 3 nitrogen and oxygen atoms in total. The fourth-order valence-corrected chi connectivity index (χ4v) is 2.71. The monoisotopic (exact) mass is 292 g/mol. The van der Waals surface area contributed by atoms with Gasteiger partial charge in [0.25, 0.3) is 0 Å². The number of rotatable bonds is 3. The highest BCUT2D eigenvalue weighted by molar-refractivity contribution is 5.78. The molecule has 0 radical (unpaired) electrons. The Morgan fingerprint density at radius 3 is 2.19 bits per heavy atom. The molecule has 0 atom stereocenters. The maximum absolute atomic E-state index is 12.9. The molecule has 0 saturated carbocycles. The molecule has 2 rings (SSSR count). The summed E-state index contributed by atoms with van der Waals surface area (Å²) in [6.45, 7) is 11.2. The molecule has 1 heterocycles. The number of piperazine rings is 1. The second kappa shape index (κ2) is 6.56. The zero-order chi connectivity index (χ0) is 15.5. The van der Waals surface area contributed by atoms with Crippen molar-refractivity contribution in [2.45, 2.75) is 27.2 Å². The summed E-state index contributed by atoms with van der Waals surface area (Å²) in [5.74, 6) is -0.126. The average Bonchev–Trinajstić information content (AvgIpc) is 2.40. The summed E-state index contributed by atoms with van der Waals surface area (Å²) in [6, 6.07) is 6.18. The average molecular weight is 292 g/mol. The third kappa shape index (κ3) is 5.12. The molecule has 21 heavy (non-hydrogen) atoms. The Bertz CT molecular complexity index is 471. The van der Waals surface area contributed by atoms with Gasteiger partial charge in [-0.3, -0.25) is 9.69 Å². The van der Waals surface area contributed by atoms with Crippen LogP contribution in [0.3, 0.4) is 0 Å². The van der Waals surface area contributed by atoms with Gasteiger partial charge in [-0.25, -0.2) is 4.39 Å². The van der Waals surface area contributed by atoms with Crippen LogP contribution in [0.15, 0.2) is 24.3 Å². The van der Waals surface area contributed by atoms with Crippen molar-refractivity contribution in [3.05, 3.63) is 35.6 Å². The molecule has 0 unspecified atom stereocenters. The first-order chi connectivity index (χ1) is 9.83. The van der Waals surface area contributed by atoms with Crippen molar-refractivity contribution in [1.29, 1.82) is 0 Å². The third-order valence-electron chi connectivity index (χ3n) is 3.69. The molecule has 0 aliphatic carbocycles. The van der Waals surface area contributed by atoms with Gasteiger partial charge < -0.3 is 4.90 Å². The van der Waals surface area contributed by atoms with Crippen molar-refractivity contribution in [3.63, 3.8) is 0 Å². The maximum Gasteiger partial charge on any atom is 0.227 e. The van der Waals surface area contributed by atoms with Crippen LogP contribution in [0, 0.1) is 11.2 Å². The summed E-state index contributed by atoms with van der Waals surface area (Å²) in [5, 5.41) is 0. The van der Waals surface area contributed by atoms with Crippen LogP contribution in [0.1, 0.15) is 26.3 Å². The molecule has 0 spiro atoms. The number of amides is 1.